The number of aryl methyl sites for hydroxylation is 1. The van der Waals surface area contributed by atoms with Crippen LogP contribution in [0.4, 0.5) is 0 Å². The van der Waals surface area contributed by atoms with Gasteiger partial charge in [-0.2, -0.15) is 0 Å². The first-order chi connectivity index (χ1) is 15.0. The number of hydrogen-bond donors (Lipinski definition) is 1. The number of amides is 1. The van der Waals surface area contributed by atoms with Gasteiger partial charge in [0.25, 0.3) is 0 Å². The van der Waals surface area contributed by atoms with Crippen LogP contribution in [0.15, 0.2) is 66.7 Å². The fraction of sp³-hybridized carbons (Fsp3) is 0.200. The molecule has 6 heteroatoms. The molecular weight excluding hydrogens is 392 g/mol. The number of ketones is 1. The third kappa shape index (κ3) is 6.89. The predicted octanol–water partition coefficient (Wildman–Crippen LogP) is 3.74. The molecule has 0 unspecified atom stereocenters. The van der Waals surface area contributed by atoms with Crippen molar-refractivity contribution >= 4 is 34.6 Å². The Balaban J connectivity index is 1.46. The summed E-state index contributed by atoms with van der Waals surface area (Å²) in [6.07, 6.45) is 4.46. The van der Waals surface area contributed by atoms with Crippen molar-refractivity contribution < 1.29 is 19.1 Å². The number of fused-ring (bicyclic) bond motifs is 1. The Morgan fingerprint density at radius 2 is 1.77 bits per heavy atom. The molecule has 1 aromatic heterocycles. The normalized spacial score (nSPS) is 10.9. The largest absolute Gasteiger partial charge is 0.454 e. The van der Waals surface area contributed by atoms with Crippen LogP contribution in [0.3, 0.4) is 0 Å². The van der Waals surface area contributed by atoms with Crippen LogP contribution in [0.5, 0.6) is 0 Å². The maximum absolute atomic E-state index is 12.3. The molecule has 0 spiro atoms. The number of nitrogens with one attached hydrogen (secondary N) is 1. The highest BCUT2D eigenvalue weighted by Crippen LogP contribution is 2.12. The summed E-state index contributed by atoms with van der Waals surface area (Å²) < 4.78 is 5.06. The van der Waals surface area contributed by atoms with Crippen LogP contribution in [0.1, 0.15) is 35.0 Å². The van der Waals surface area contributed by atoms with E-state index in [0.29, 0.717) is 17.8 Å². The topological polar surface area (TPSA) is 85.4 Å². The number of benzene rings is 2. The Bertz CT molecular complexity index is 1100. The Hall–Kier alpha value is -3.80. The minimum Gasteiger partial charge on any atom is -0.454 e. The molecule has 6 nitrogen and oxygen atoms in total. The van der Waals surface area contributed by atoms with Crippen molar-refractivity contribution in [1.82, 2.24) is 10.3 Å². The highest BCUT2D eigenvalue weighted by Gasteiger charge is 2.09. The van der Waals surface area contributed by atoms with Crippen LogP contribution in [0, 0.1) is 0 Å². The van der Waals surface area contributed by atoms with Gasteiger partial charge in [0.2, 0.25) is 5.91 Å². The fourth-order valence-electron chi connectivity index (χ4n) is 3.01. The van der Waals surface area contributed by atoms with Crippen molar-refractivity contribution in [3.8, 4) is 0 Å². The zero-order chi connectivity index (χ0) is 22.1. The number of pyridine rings is 1. The van der Waals surface area contributed by atoms with Crippen molar-refractivity contribution in [3.05, 3.63) is 83.6 Å². The number of aromatic nitrogens is 1. The van der Waals surface area contributed by atoms with E-state index in [0.717, 1.165) is 29.3 Å². The highest BCUT2D eigenvalue weighted by molar-refractivity contribution is 5.99. The molecule has 3 rings (SSSR count). The van der Waals surface area contributed by atoms with Crippen LogP contribution in [0.25, 0.3) is 17.0 Å². The first kappa shape index (κ1) is 21.9. The summed E-state index contributed by atoms with van der Waals surface area (Å²) in [5, 5.41) is 3.77. The van der Waals surface area contributed by atoms with Gasteiger partial charge in [0, 0.05) is 30.5 Å². The molecule has 158 valence electrons. The summed E-state index contributed by atoms with van der Waals surface area (Å²) >= 11 is 0. The fourth-order valence-corrected chi connectivity index (χ4v) is 3.01. The Kier molecular flexibility index (Phi) is 7.65. The number of carbonyl (C=O) groups excluding carboxylic acids is 3. The van der Waals surface area contributed by atoms with Gasteiger partial charge in [-0.1, -0.05) is 48.5 Å². The van der Waals surface area contributed by atoms with Crippen molar-refractivity contribution in [2.75, 3.05) is 13.2 Å². The number of nitrogens with zero attached hydrogens (tertiary/aromatic N) is 1. The van der Waals surface area contributed by atoms with Crippen molar-refractivity contribution in [2.24, 2.45) is 0 Å². The number of rotatable bonds is 9. The zero-order valence-corrected chi connectivity index (χ0v) is 17.3. The molecule has 1 N–H and O–H groups in total. The van der Waals surface area contributed by atoms with Gasteiger partial charge in [-0.3, -0.25) is 9.59 Å². The molecule has 3 aromatic rings. The summed E-state index contributed by atoms with van der Waals surface area (Å²) in [6, 6.07) is 18.6. The summed E-state index contributed by atoms with van der Waals surface area (Å²) in [5.41, 5.74) is 3.03. The molecule has 0 saturated heterocycles. The number of esters is 1. The van der Waals surface area contributed by atoms with Crippen LogP contribution < -0.4 is 5.32 Å². The van der Waals surface area contributed by atoms with Gasteiger partial charge >= 0.3 is 5.97 Å². The maximum Gasteiger partial charge on any atom is 0.331 e. The molecular formula is C25H24N2O4. The monoisotopic (exact) mass is 416 g/mol. The van der Waals surface area contributed by atoms with Gasteiger partial charge in [-0.05, 0) is 36.6 Å². The Morgan fingerprint density at radius 3 is 2.55 bits per heavy atom. The first-order valence-corrected chi connectivity index (χ1v) is 10.1. The summed E-state index contributed by atoms with van der Waals surface area (Å²) in [7, 11) is 0. The Labute approximate surface area is 180 Å². The van der Waals surface area contributed by atoms with Crippen LogP contribution in [-0.4, -0.2) is 35.8 Å². The van der Waals surface area contributed by atoms with Crippen molar-refractivity contribution in [1.29, 1.82) is 0 Å². The second-order valence-corrected chi connectivity index (χ2v) is 7.08. The first-order valence-electron chi connectivity index (χ1n) is 10.1. The summed E-state index contributed by atoms with van der Waals surface area (Å²) in [5.74, 6) is -0.910. The lowest BCUT2D eigenvalue weighted by Crippen LogP contribution is -2.21. The minimum atomic E-state index is -0.599. The van der Waals surface area contributed by atoms with E-state index in [-0.39, 0.29) is 18.3 Å². The van der Waals surface area contributed by atoms with E-state index in [4.69, 9.17) is 4.74 Å². The third-order valence-electron chi connectivity index (χ3n) is 4.65. The third-order valence-corrected chi connectivity index (χ3v) is 4.65. The number of Topliss-reactive ketones (excluding diaryl/α,β-unsaturated/α-hetero) is 1. The van der Waals surface area contributed by atoms with Gasteiger partial charge in [-0.25, -0.2) is 9.78 Å². The minimum absolute atomic E-state index is 0.0427. The van der Waals surface area contributed by atoms with Gasteiger partial charge in [0.05, 0.1) is 11.2 Å². The van der Waals surface area contributed by atoms with E-state index in [2.05, 4.69) is 10.3 Å². The van der Waals surface area contributed by atoms with Crippen molar-refractivity contribution in [3.63, 3.8) is 0 Å². The summed E-state index contributed by atoms with van der Waals surface area (Å²) in [6.45, 7) is 1.79. The van der Waals surface area contributed by atoms with Gasteiger partial charge in [-0.15, -0.1) is 0 Å². The lowest BCUT2D eigenvalue weighted by molar-refractivity contribution is -0.136. The van der Waals surface area contributed by atoms with Crippen LogP contribution >= 0.6 is 0 Å². The molecule has 0 bridgehead atoms. The average Bonchev–Trinajstić information content (AvgIpc) is 2.79. The van der Waals surface area contributed by atoms with Gasteiger partial charge in [0.1, 0.15) is 0 Å². The van der Waals surface area contributed by atoms with Crippen molar-refractivity contribution in [2.45, 2.75) is 19.8 Å². The van der Waals surface area contributed by atoms with Gasteiger partial charge < -0.3 is 10.1 Å². The quantitative estimate of drug-likeness (QED) is 0.249. The molecule has 2 aromatic carbocycles. The molecule has 0 fully saturated rings. The van der Waals surface area contributed by atoms with E-state index in [1.807, 2.05) is 48.5 Å². The van der Waals surface area contributed by atoms with E-state index in [1.165, 1.54) is 13.0 Å². The van der Waals surface area contributed by atoms with E-state index >= 15 is 0 Å². The molecule has 0 aliphatic carbocycles. The second-order valence-electron chi connectivity index (χ2n) is 7.08. The molecule has 31 heavy (non-hydrogen) atoms. The number of hydrogen-bond acceptors (Lipinski definition) is 5. The summed E-state index contributed by atoms with van der Waals surface area (Å²) in [4.78, 5) is 39.5. The molecule has 0 radical (unpaired) electrons. The number of ether oxygens (including phenoxy) is 1. The molecule has 0 aliphatic rings. The molecule has 0 atom stereocenters. The lowest BCUT2D eigenvalue weighted by atomic mass is 10.1. The molecule has 0 saturated carbocycles. The second kappa shape index (κ2) is 10.8. The number of para-hydroxylation sites is 1. The maximum atomic E-state index is 12.3. The molecule has 0 aliphatic heterocycles. The lowest BCUT2D eigenvalue weighted by Gasteiger charge is -2.05. The SMILES string of the molecule is CC(=O)NCCCc1ccc(C(=O)COC(=O)/C=C/c2ccc3ccccc3n2)cc1. The van der Waals surface area contributed by atoms with E-state index in [1.54, 1.807) is 18.2 Å². The van der Waals surface area contributed by atoms with Crippen LogP contribution in [0.2, 0.25) is 0 Å². The Morgan fingerprint density at radius 1 is 1.00 bits per heavy atom. The molecule has 1 heterocycles. The highest BCUT2D eigenvalue weighted by atomic mass is 16.5. The average molecular weight is 416 g/mol. The standard InChI is InChI=1S/C25H24N2O4/c1-18(28)26-16-4-5-19-8-10-21(11-9-19)24(29)17-31-25(30)15-14-22-13-12-20-6-2-3-7-23(20)27-22/h2-3,6-15H,4-5,16-17H2,1H3,(H,26,28)/b15-14+. The van der Waals surface area contributed by atoms with Gasteiger partial charge in [0.15, 0.2) is 12.4 Å². The zero-order valence-electron chi connectivity index (χ0n) is 17.3. The molecule has 1 amide bonds. The smallest absolute Gasteiger partial charge is 0.331 e. The van der Waals surface area contributed by atoms with E-state index in [9.17, 15) is 14.4 Å². The predicted molar refractivity (Wildman–Crippen MR) is 120 cm³/mol. The van der Waals surface area contributed by atoms with Crippen LogP contribution in [-0.2, 0) is 20.7 Å². The number of carbonyl (C=O) groups is 3. The van der Waals surface area contributed by atoms with E-state index < -0.39 is 5.97 Å².